The van der Waals surface area contributed by atoms with Gasteiger partial charge in [0.1, 0.15) is 0 Å². The number of rotatable bonds is 7. The molecule has 0 aromatic heterocycles. The number of methoxy groups -OCH3 is 1. The van der Waals surface area contributed by atoms with Crippen LogP contribution in [0.2, 0.25) is 0 Å². The third-order valence-corrected chi connectivity index (χ3v) is 4.01. The van der Waals surface area contributed by atoms with Crippen LogP contribution in [0.25, 0.3) is 0 Å². The second-order valence-electron chi connectivity index (χ2n) is 6.05. The second-order valence-corrected chi connectivity index (χ2v) is 6.05. The van der Waals surface area contributed by atoms with E-state index in [9.17, 15) is 0 Å². The Hall–Kier alpha value is -1.10. The van der Waals surface area contributed by atoms with E-state index in [1.165, 1.54) is 5.69 Å². The number of nitrogens with zero attached hydrogens (tertiary/aromatic N) is 2. The number of benzene rings is 1. The van der Waals surface area contributed by atoms with E-state index < -0.39 is 0 Å². The van der Waals surface area contributed by atoms with Crippen LogP contribution in [-0.4, -0.2) is 63.4 Å². The second kappa shape index (κ2) is 8.37. The summed E-state index contributed by atoms with van der Waals surface area (Å²) in [5.74, 6) is 0. The van der Waals surface area contributed by atoms with Crippen molar-refractivity contribution in [2.24, 2.45) is 0 Å². The number of nitrogens with one attached hydrogen (secondary N) is 1. The van der Waals surface area contributed by atoms with Gasteiger partial charge in [0, 0.05) is 57.6 Å². The number of piperazine rings is 1. The highest BCUT2D eigenvalue weighted by atomic mass is 16.5. The monoisotopic (exact) mass is 291 g/mol. The first-order chi connectivity index (χ1) is 10.2. The maximum atomic E-state index is 5.17. The van der Waals surface area contributed by atoms with Gasteiger partial charge in [-0.15, -0.1) is 0 Å². The molecule has 1 aliphatic rings. The number of hydrogen-bond donors (Lipinski definition) is 1. The SMILES string of the molecule is COC[C@H](C)N[C@H](C)CN1CCN(c2ccccc2)CC1. The van der Waals surface area contributed by atoms with Gasteiger partial charge < -0.3 is 15.0 Å². The molecule has 4 heteroatoms. The Morgan fingerprint density at radius 3 is 2.33 bits per heavy atom. The lowest BCUT2D eigenvalue weighted by atomic mass is 10.2. The summed E-state index contributed by atoms with van der Waals surface area (Å²) in [5, 5.41) is 3.59. The number of para-hydroxylation sites is 1. The Bertz CT molecular complexity index is 390. The van der Waals surface area contributed by atoms with Crippen molar-refractivity contribution in [3.05, 3.63) is 30.3 Å². The molecule has 0 unspecified atom stereocenters. The predicted octanol–water partition coefficient (Wildman–Crippen LogP) is 1.82. The molecule has 0 amide bonds. The average molecular weight is 291 g/mol. The van der Waals surface area contributed by atoms with Gasteiger partial charge >= 0.3 is 0 Å². The van der Waals surface area contributed by atoms with Crippen LogP contribution in [-0.2, 0) is 4.74 Å². The first kappa shape index (κ1) is 16.3. The standard InChI is InChI=1S/C17H29N3O/c1-15(18-16(2)14-21-3)13-19-9-11-20(12-10-19)17-7-5-4-6-8-17/h4-8,15-16,18H,9-14H2,1-3H3/t15-,16+/m1/s1. The summed E-state index contributed by atoms with van der Waals surface area (Å²) in [4.78, 5) is 5.03. The lowest BCUT2D eigenvalue weighted by molar-refractivity contribution is 0.159. The van der Waals surface area contributed by atoms with Gasteiger partial charge in [0.15, 0.2) is 0 Å². The van der Waals surface area contributed by atoms with Crippen molar-refractivity contribution in [2.45, 2.75) is 25.9 Å². The molecule has 4 nitrogen and oxygen atoms in total. The first-order valence-corrected chi connectivity index (χ1v) is 7.96. The summed E-state index contributed by atoms with van der Waals surface area (Å²) < 4.78 is 5.17. The van der Waals surface area contributed by atoms with Gasteiger partial charge in [-0.1, -0.05) is 18.2 Å². The van der Waals surface area contributed by atoms with Crippen molar-refractivity contribution in [1.29, 1.82) is 0 Å². The molecule has 0 spiro atoms. The molecule has 0 radical (unpaired) electrons. The summed E-state index contributed by atoms with van der Waals surface area (Å²) in [6, 6.07) is 11.6. The topological polar surface area (TPSA) is 27.7 Å². The van der Waals surface area contributed by atoms with Crippen molar-refractivity contribution in [3.8, 4) is 0 Å². The van der Waals surface area contributed by atoms with E-state index in [4.69, 9.17) is 4.74 Å². The van der Waals surface area contributed by atoms with Gasteiger partial charge in [0.2, 0.25) is 0 Å². The fraction of sp³-hybridized carbons (Fsp3) is 0.647. The molecule has 118 valence electrons. The molecule has 1 aliphatic heterocycles. The number of ether oxygens (including phenoxy) is 1. The zero-order valence-electron chi connectivity index (χ0n) is 13.6. The summed E-state index contributed by atoms with van der Waals surface area (Å²) in [6.45, 7) is 10.8. The van der Waals surface area contributed by atoms with Crippen molar-refractivity contribution in [3.63, 3.8) is 0 Å². The summed E-state index contributed by atoms with van der Waals surface area (Å²) >= 11 is 0. The van der Waals surface area contributed by atoms with Crippen LogP contribution in [0.4, 0.5) is 5.69 Å². The maximum absolute atomic E-state index is 5.17. The third-order valence-electron chi connectivity index (χ3n) is 4.01. The molecule has 0 saturated carbocycles. The minimum Gasteiger partial charge on any atom is -0.383 e. The van der Waals surface area contributed by atoms with E-state index >= 15 is 0 Å². The van der Waals surface area contributed by atoms with Crippen molar-refractivity contribution in [1.82, 2.24) is 10.2 Å². The van der Waals surface area contributed by atoms with Crippen LogP contribution in [0.3, 0.4) is 0 Å². The summed E-state index contributed by atoms with van der Waals surface area (Å²) in [6.07, 6.45) is 0. The fourth-order valence-electron chi connectivity index (χ4n) is 3.05. The molecule has 1 fully saturated rings. The molecule has 1 aromatic carbocycles. The molecule has 1 N–H and O–H groups in total. The van der Waals surface area contributed by atoms with Gasteiger partial charge in [0.05, 0.1) is 6.61 Å². The minimum absolute atomic E-state index is 0.413. The Kier molecular flexibility index (Phi) is 6.49. The zero-order valence-corrected chi connectivity index (χ0v) is 13.6. The minimum atomic E-state index is 0.413. The lowest BCUT2D eigenvalue weighted by Gasteiger charge is -2.37. The first-order valence-electron chi connectivity index (χ1n) is 7.96. The number of anilines is 1. The van der Waals surface area contributed by atoms with Crippen LogP contribution in [0.15, 0.2) is 30.3 Å². The van der Waals surface area contributed by atoms with Gasteiger partial charge in [0.25, 0.3) is 0 Å². The van der Waals surface area contributed by atoms with Crippen LogP contribution >= 0.6 is 0 Å². The third kappa shape index (κ3) is 5.30. The number of hydrogen-bond acceptors (Lipinski definition) is 4. The quantitative estimate of drug-likeness (QED) is 0.829. The van der Waals surface area contributed by atoms with Crippen LogP contribution in [0.1, 0.15) is 13.8 Å². The molecule has 2 rings (SSSR count). The van der Waals surface area contributed by atoms with Crippen LogP contribution < -0.4 is 10.2 Å². The largest absolute Gasteiger partial charge is 0.383 e. The molecular weight excluding hydrogens is 262 g/mol. The van der Waals surface area contributed by atoms with Gasteiger partial charge in [-0.2, -0.15) is 0 Å². The summed E-state index contributed by atoms with van der Waals surface area (Å²) in [7, 11) is 1.76. The molecule has 0 bridgehead atoms. The normalized spacial score (nSPS) is 19.5. The molecule has 1 aromatic rings. The van der Waals surface area contributed by atoms with Crippen molar-refractivity contribution >= 4 is 5.69 Å². The van der Waals surface area contributed by atoms with E-state index in [2.05, 4.69) is 59.3 Å². The zero-order chi connectivity index (χ0) is 15.1. The molecule has 2 atom stereocenters. The van der Waals surface area contributed by atoms with Gasteiger partial charge in [-0.05, 0) is 26.0 Å². The average Bonchev–Trinajstić information content (AvgIpc) is 2.49. The van der Waals surface area contributed by atoms with E-state index in [-0.39, 0.29) is 0 Å². The highest BCUT2D eigenvalue weighted by Crippen LogP contribution is 2.15. The fourth-order valence-corrected chi connectivity index (χ4v) is 3.05. The Morgan fingerprint density at radius 1 is 1.05 bits per heavy atom. The summed E-state index contributed by atoms with van der Waals surface area (Å²) in [5.41, 5.74) is 1.34. The van der Waals surface area contributed by atoms with E-state index in [1.54, 1.807) is 7.11 Å². The smallest absolute Gasteiger partial charge is 0.0613 e. The maximum Gasteiger partial charge on any atom is 0.0613 e. The molecule has 21 heavy (non-hydrogen) atoms. The Labute approximate surface area is 129 Å². The van der Waals surface area contributed by atoms with Gasteiger partial charge in [-0.25, -0.2) is 0 Å². The highest BCUT2D eigenvalue weighted by molar-refractivity contribution is 5.46. The molecule has 1 saturated heterocycles. The molecular formula is C17H29N3O. The van der Waals surface area contributed by atoms with Crippen LogP contribution in [0.5, 0.6) is 0 Å². The van der Waals surface area contributed by atoms with Crippen molar-refractivity contribution < 1.29 is 4.74 Å². The molecule has 0 aliphatic carbocycles. The highest BCUT2D eigenvalue weighted by Gasteiger charge is 2.19. The van der Waals surface area contributed by atoms with E-state index in [0.717, 1.165) is 39.3 Å². The Morgan fingerprint density at radius 2 is 1.71 bits per heavy atom. The molecule has 1 heterocycles. The van der Waals surface area contributed by atoms with Crippen LogP contribution in [0, 0.1) is 0 Å². The lowest BCUT2D eigenvalue weighted by Crippen LogP contribution is -2.51. The van der Waals surface area contributed by atoms with E-state index in [0.29, 0.717) is 12.1 Å². The predicted molar refractivity (Wildman–Crippen MR) is 89.0 cm³/mol. The van der Waals surface area contributed by atoms with Crippen molar-refractivity contribution in [2.75, 3.05) is 51.3 Å². The van der Waals surface area contributed by atoms with Gasteiger partial charge in [-0.3, -0.25) is 4.90 Å². The Balaban J connectivity index is 1.71. The van der Waals surface area contributed by atoms with E-state index in [1.807, 2.05) is 0 Å².